The van der Waals surface area contributed by atoms with Crippen LogP contribution in [0.3, 0.4) is 0 Å². The van der Waals surface area contributed by atoms with Crippen molar-refractivity contribution in [3.05, 3.63) is 0 Å². The topological polar surface area (TPSA) is 26.3 Å². The fourth-order valence-electron chi connectivity index (χ4n) is 0.429. The van der Waals surface area contributed by atoms with Crippen molar-refractivity contribution in [3.63, 3.8) is 0 Å². The van der Waals surface area contributed by atoms with E-state index in [1.807, 2.05) is 0 Å². The van der Waals surface area contributed by atoms with Gasteiger partial charge in [0.05, 0.1) is 0 Å². The highest BCUT2D eigenvalue weighted by molar-refractivity contribution is 5.75. The van der Waals surface area contributed by atoms with Crippen LogP contribution in [0.25, 0.3) is 0 Å². The Morgan fingerprint density at radius 2 is 2.00 bits per heavy atom. The van der Waals surface area contributed by atoms with Gasteiger partial charge in [-0.2, -0.15) is 0 Å². The van der Waals surface area contributed by atoms with E-state index in [4.69, 9.17) is 0 Å². The molecule has 11 heavy (non-hydrogen) atoms. The highest BCUT2D eigenvalue weighted by Gasteiger charge is 2.24. The van der Waals surface area contributed by atoms with E-state index in [9.17, 15) is 13.6 Å². The lowest BCUT2D eigenvalue weighted by Gasteiger charge is -2.19. The molecule has 0 aliphatic carbocycles. The highest BCUT2D eigenvalue weighted by atomic mass is 19.2. The first-order chi connectivity index (χ1) is 4.87. The monoisotopic (exact) mass is 166 g/mol. The van der Waals surface area contributed by atoms with Crippen LogP contribution in [0.5, 0.6) is 0 Å². The Morgan fingerprint density at radius 3 is 2.27 bits per heavy atom. The lowest BCUT2D eigenvalue weighted by Crippen LogP contribution is -2.30. The number of rotatable bonds is 2. The summed E-state index contributed by atoms with van der Waals surface area (Å²) in [7, 11) is 0. The first-order valence-electron chi connectivity index (χ1n) is 3.29. The number of esters is 1. The smallest absolute Gasteiger partial charge is 0.344 e. The minimum atomic E-state index is -2.14. The predicted molar refractivity (Wildman–Crippen MR) is 36.7 cm³/mol. The molecular weight excluding hydrogens is 154 g/mol. The van der Waals surface area contributed by atoms with Crippen molar-refractivity contribution < 1.29 is 18.3 Å². The summed E-state index contributed by atoms with van der Waals surface area (Å²) in [5.74, 6) is -1.14. The largest absolute Gasteiger partial charge is 0.458 e. The summed E-state index contributed by atoms with van der Waals surface area (Å²) in [4.78, 5) is 10.6. The minimum absolute atomic E-state index is 0.753. The molecule has 0 aromatic carbocycles. The van der Waals surface area contributed by atoms with E-state index in [0.29, 0.717) is 0 Å². The number of hydrogen-bond donors (Lipinski definition) is 0. The SMILES string of the molecule is CC(C)(C)OC(=O)[C@@H](F)CF. The van der Waals surface area contributed by atoms with Crippen LogP contribution in [0.4, 0.5) is 8.78 Å². The van der Waals surface area contributed by atoms with Gasteiger partial charge >= 0.3 is 5.97 Å². The van der Waals surface area contributed by atoms with Gasteiger partial charge in [-0.05, 0) is 20.8 Å². The lowest BCUT2D eigenvalue weighted by atomic mass is 10.2. The number of carbonyl (C=O) groups excluding carboxylic acids is 1. The van der Waals surface area contributed by atoms with Crippen LogP contribution in [0, 0.1) is 0 Å². The zero-order valence-corrected chi connectivity index (χ0v) is 6.86. The minimum Gasteiger partial charge on any atom is -0.458 e. The molecule has 0 aliphatic heterocycles. The summed E-state index contributed by atoms with van der Waals surface area (Å²) in [6.07, 6.45) is -2.14. The molecule has 4 heteroatoms. The van der Waals surface area contributed by atoms with Crippen LogP contribution in [-0.4, -0.2) is 24.4 Å². The van der Waals surface area contributed by atoms with E-state index in [1.54, 1.807) is 20.8 Å². The van der Waals surface area contributed by atoms with Gasteiger partial charge in [0.1, 0.15) is 12.3 Å². The molecule has 0 saturated heterocycles. The Morgan fingerprint density at radius 1 is 1.55 bits per heavy atom. The Bertz CT molecular complexity index is 140. The van der Waals surface area contributed by atoms with Crippen LogP contribution in [0.1, 0.15) is 20.8 Å². The number of hydrogen-bond acceptors (Lipinski definition) is 2. The van der Waals surface area contributed by atoms with Crippen LogP contribution < -0.4 is 0 Å². The summed E-state index contributed by atoms with van der Waals surface area (Å²) >= 11 is 0. The quantitative estimate of drug-likeness (QED) is 0.583. The third-order valence-electron chi connectivity index (χ3n) is 0.798. The van der Waals surface area contributed by atoms with E-state index in [2.05, 4.69) is 4.74 Å². The zero-order chi connectivity index (χ0) is 9.07. The second kappa shape index (κ2) is 3.64. The predicted octanol–water partition coefficient (Wildman–Crippen LogP) is 1.64. The Labute approximate surface area is 64.5 Å². The molecule has 0 amide bonds. The fourth-order valence-corrected chi connectivity index (χ4v) is 0.429. The Kier molecular flexibility index (Phi) is 3.42. The maximum absolute atomic E-state index is 12.2. The maximum Gasteiger partial charge on any atom is 0.344 e. The lowest BCUT2D eigenvalue weighted by molar-refractivity contribution is -0.161. The zero-order valence-electron chi connectivity index (χ0n) is 6.86. The molecule has 0 aromatic rings. The van der Waals surface area contributed by atoms with Gasteiger partial charge in [-0.3, -0.25) is 0 Å². The van der Waals surface area contributed by atoms with Gasteiger partial charge in [0.15, 0.2) is 0 Å². The van der Waals surface area contributed by atoms with E-state index in [0.717, 1.165) is 0 Å². The molecule has 0 unspecified atom stereocenters. The van der Waals surface area contributed by atoms with E-state index in [-0.39, 0.29) is 0 Å². The first kappa shape index (κ1) is 10.3. The summed E-state index contributed by atoms with van der Waals surface area (Å²) in [6.45, 7) is 3.45. The third-order valence-corrected chi connectivity index (χ3v) is 0.798. The summed E-state index contributed by atoms with van der Waals surface area (Å²) in [5, 5.41) is 0. The first-order valence-corrected chi connectivity index (χ1v) is 3.29. The average molecular weight is 166 g/mol. The van der Waals surface area contributed by atoms with Crippen LogP contribution >= 0.6 is 0 Å². The van der Waals surface area contributed by atoms with Gasteiger partial charge in [-0.25, -0.2) is 13.6 Å². The van der Waals surface area contributed by atoms with Crippen molar-refractivity contribution in [3.8, 4) is 0 Å². The number of ether oxygens (including phenoxy) is 1. The number of carbonyl (C=O) groups is 1. The van der Waals surface area contributed by atoms with Crippen molar-refractivity contribution in [2.75, 3.05) is 6.67 Å². The molecule has 0 N–H and O–H groups in total. The molecule has 0 spiro atoms. The van der Waals surface area contributed by atoms with Gasteiger partial charge in [0, 0.05) is 0 Å². The molecule has 1 atom stereocenters. The third kappa shape index (κ3) is 4.70. The van der Waals surface area contributed by atoms with E-state index in [1.165, 1.54) is 0 Å². The number of halogens is 2. The fraction of sp³-hybridized carbons (Fsp3) is 0.857. The molecule has 0 bridgehead atoms. The molecular formula is C7H12F2O2. The molecule has 2 nitrogen and oxygen atoms in total. The second-order valence-electron chi connectivity index (χ2n) is 3.16. The molecule has 0 aliphatic rings. The van der Waals surface area contributed by atoms with Gasteiger partial charge in [-0.15, -0.1) is 0 Å². The molecule has 0 fully saturated rings. The van der Waals surface area contributed by atoms with Crippen molar-refractivity contribution in [1.29, 1.82) is 0 Å². The van der Waals surface area contributed by atoms with E-state index < -0.39 is 24.4 Å². The van der Waals surface area contributed by atoms with Crippen LogP contribution in [-0.2, 0) is 9.53 Å². The maximum atomic E-state index is 12.2. The number of alkyl halides is 2. The molecule has 0 aromatic heterocycles. The molecule has 0 heterocycles. The van der Waals surface area contributed by atoms with Crippen LogP contribution in [0.15, 0.2) is 0 Å². The van der Waals surface area contributed by atoms with Gasteiger partial charge < -0.3 is 4.74 Å². The molecule has 66 valence electrons. The summed E-state index contributed by atoms with van der Waals surface area (Å²) < 4.78 is 28.3. The normalized spacial score (nSPS) is 14.3. The summed E-state index contributed by atoms with van der Waals surface area (Å²) in [5.41, 5.74) is -0.753. The molecule has 0 radical (unpaired) electrons. The van der Waals surface area contributed by atoms with Gasteiger partial charge in [0.25, 0.3) is 0 Å². The summed E-state index contributed by atoms with van der Waals surface area (Å²) in [6, 6.07) is 0. The molecule has 0 saturated carbocycles. The van der Waals surface area contributed by atoms with Crippen molar-refractivity contribution >= 4 is 5.97 Å². The van der Waals surface area contributed by atoms with Crippen molar-refractivity contribution in [2.45, 2.75) is 32.5 Å². The van der Waals surface area contributed by atoms with Crippen molar-refractivity contribution in [1.82, 2.24) is 0 Å². The Balaban J connectivity index is 3.88. The Hall–Kier alpha value is -0.670. The second-order valence-corrected chi connectivity index (χ2v) is 3.16. The van der Waals surface area contributed by atoms with Crippen molar-refractivity contribution in [2.24, 2.45) is 0 Å². The standard InChI is InChI=1S/C7H12F2O2/c1-7(2,3)11-6(10)5(9)4-8/h5H,4H2,1-3H3/t5-/m0/s1. The molecule has 0 rings (SSSR count). The van der Waals surface area contributed by atoms with E-state index >= 15 is 0 Å². The van der Waals surface area contributed by atoms with Crippen LogP contribution in [0.2, 0.25) is 0 Å². The highest BCUT2D eigenvalue weighted by Crippen LogP contribution is 2.09. The van der Waals surface area contributed by atoms with Gasteiger partial charge in [0.2, 0.25) is 6.17 Å². The van der Waals surface area contributed by atoms with Gasteiger partial charge in [-0.1, -0.05) is 0 Å². The average Bonchev–Trinajstić information content (AvgIpc) is 1.82.